The molecule has 15 nitrogen and oxygen atoms in total. The molecule has 55 heavy (non-hydrogen) atoms. The number of methoxy groups -OCH3 is 2. The standard InChI is InChI=1S/C37H43F2N3O12S/c1-20(17-41-30(45)9-11-52-13-10-40)54-33(49)7-4-24(43)29-15-22-28(55-29)16-26(50-2)34(35(22)38)25(44)8-12-53-37-27(51-3)14-21-18-42(19-23(21)36(37)39)31(46)5-6-32(47)48/h14-16,20H,4-13,17-19,40H2,1-3H3,(H,41,45)(H,47,48)/t20-/m0/s1. The van der Waals surface area contributed by atoms with E-state index in [9.17, 15) is 28.8 Å². The van der Waals surface area contributed by atoms with E-state index in [1.165, 1.54) is 37.3 Å². The lowest BCUT2D eigenvalue weighted by molar-refractivity contribution is -0.148. The van der Waals surface area contributed by atoms with Crippen LogP contribution in [0.1, 0.15) is 76.6 Å². The van der Waals surface area contributed by atoms with Gasteiger partial charge in [0.15, 0.2) is 28.9 Å². The molecule has 1 aromatic heterocycles. The summed E-state index contributed by atoms with van der Waals surface area (Å²) >= 11 is 0.964. The fourth-order valence-electron chi connectivity index (χ4n) is 5.70. The molecule has 0 unspecified atom stereocenters. The summed E-state index contributed by atoms with van der Waals surface area (Å²) in [5.41, 5.74) is 5.57. The first-order valence-electron chi connectivity index (χ1n) is 17.4. The van der Waals surface area contributed by atoms with Crippen LogP contribution >= 0.6 is 11.3 Å². The number of aliphatic carboxylic acids is 1. The number of carbonyl (C=O) groups is 6. The van der Waals surface area contributed by atoms with Gasteiger partial charge in [-0.05, 0) is 30.7 Å². The molecule has 0 saturated heterocycles. The Hall–Kier alpha value is -5.20. The summed E-state index contributed by atoms with van der Waals surface area (Å²) in [6.45, 7) is 2.12. The lowest BCUT2D eigenvalue weighted by Crippen LogP contribution is -2.33. The van der Waals surface area contributed by atoms with Gasteiger partial charge >= 0.3 is 11.9 Å². The monoisotopic (exact) mass is 791 g/mol. The topological polar surface area (TPSA) is 210 Å². The predicted molar refractivity (Wildman–Crippen MR) is 193 cm³/mol. The first kappa shape index (κ1) is 42.5. The fraction of sp³-hybridized carbons (Fsp3) is 0.459. The smallest absolute Gasteiger partial charge is 0.306 e. The van der Waals surface area contributed by atoms with E-state index in [2.05, 4.69) is 5.32 Å². The number of ketones is 2. The molecule has 0 fully saturated rings. The van der Waals surface area contributed by atoms with E-state index in [1.807, 2.05) is 0 Å². The Morgan fingerprint density at radius 3 is 2.33 bits per heavy atom. The first-order chi connectivity index (χ1) is 26.3. The number of nitrogens with zero attached hydrogens (tertiary/aromatic N) is 1. The highest BCUT2D eigenvalue weighted by molar-refractivity contribution is 7.20. The number of ether oxygens (including phenoxy) is 5. The van der Waals surface area contributed by atoms with E-state index in [1.54, 1.807) is 6.92 Å². The van der Waals surface area contributed by atoms with Crippen LogP contribution in [0.3, 0.4) is 0 Å². The predicted octanol–water partition coefficient (Wildman–Crippen LogP) is 3.93. The summed E-state index contributed by atoms with van der Waals surface area (Å²) in [4.78, 5) is 75.4. The largest absolute Gasteiger partial charge is 0.496 e. The number of thiophene rings is 1. The summed E-state index contributed by atoms with van der Waals surface area (Å²) in [6, 6.07) is 4.23. The number of carboxylic acid groups (broad SMARTS) is 1. The second kappa shape index (κ2) is 19.9. The Bertz CT molecular complexity index is 1930. The van der Waals surface area contributed by atoms with E-state index in [-0.39, 0.29) is 109 Å². The zero-order valence-corrected chi connectivity index (χ0v) is 31.4. The van der Waals surface area contributed by atoms with Crippen LogP contribution in [0.2, 0.25) is 0 Å². The Morgan fingerprint density at radius 1 is 0.891 bits per heavy atom. The van der Waals surface area contributed by atoms with Crippen LogP contribution in [0, 0.1) is 11.6 Å². The summed E-state index contributed by atoms with van der Waals surface area (Å²) in [5.74, 6) is -5.80. The van der Waals surface area contributed by atoms with Gasteiger partial charge in [-0.3, -0.25) is 28.8 Å². The summed E-state index contributed by atoms with van der Waals surface area (Å²) in [6.07, 6.45) is -2.02. The molecule has 2 aromatic carbocycles. The molecule has 4 rings (SSSR count). The molecule has 1 aliphatic rings. The van der Waals surface area contributed by atoms with Gasteiger partial charge in [0.25, 0.3) is 0 Å². The van der Waals surface area contributed by atoms with Crippen molar-refractivity contribution in [2.24, 2.45) is 5.73 Å². The Kier molecular flexibility index (Phi) is 15.4. The number of carboxylic acids is 1. The van der Waals surface area contributed by atoms with Crippen LogP contribution in [0.5, 0.6) is 17.2 Å². The van der Waals surface area contributed by atoms with Gasteiger partial charge in [-0.1, -0.05) is 0 Å². The quantitative estimate of drug-likeness (QED) is 0.0750. The molecule has 1 atom stereocenters. The first-order valence-corrected chi connectivity index (χ1v) is 18.2. The van der Waals surface area contributed by atoms with Crippen LogP contribution in [-0.4, -0.2) is 98.6 Å². The molecule has 1 aliphatic heterocycles. The van der Waals surface area contributed by atoms with Crippen molar-refractivity contribution >= 4 is 56.7 Å². The van der Waals surface area contributed by atoms with Crippen molar-refractivity contribution in [3.8, 4) is 17.2 Å². The van der Waals surface area contributed by atoms with Crippen molar-refractivity contribution in [3.63, 3.8) is 0 Å². The molecule has 0 aliphatic carbocycles. The van der Waals surface area contributed by atoms with Crippen molar-refractivity contribution in [1.29, 1.82) is 0 Å². The van der Waals surface area contributed by atoms with Crippen LogP contribution in [0.4, 0.5) is 8.78 Å². The fourth-order valence-corrected chi connectivity index (χ4v) is 6.76. The van der Waals surface area contributed by atoms with Crippen LogP contribution in [0.25, 0.3) is 10.1 Å². The zero-order chi connectivity index (χ0) is 40.2. The third kappa shape index (κ3) is 11.2. The summed E-state index contributed by atoms with van der Waals surface area (Å²) in [5, 5.41) is 11.5. The van der Waals surface area contributed by atoms with Crippen molar-refractivity contribution in [1.82, 2.24) is 10.2 Å². The number of hydrogen-bond donors (Lipinski definition) is 3. The number of benzene rings is 2. The molecule has 18 heteroatoms. The normalized spacial score (nSPS) is 12.6. The minimum absolute atomic E-state index is 0.00687. The SMILES string of the molecule is COc1cc2c(c(F)c1OCCC(=O)c1c(OC)cc3sc(C(=O)CCC(=O)O[C@@H](C)CNC(=O)CCOCCN)cc3c1F)CN(C(=O)CCC(=O)O)C2. The number of nitrogens with one attached hydrogen (secondary N) is 1. The average Bonchev–Trinajstić information content (AvgIpc) is 3.80. The molecular weight excluding hydrogens is 748 g/mol. The number of carbonyl (C=O) groups excluding carboxylic acids is 5. The third-order valence-corrected chi connectivity index (χ3v) is 9.63. The molecular formula is C37H43F2N3O12S. The maximum Gasteiger partial charge on any atom is 0.306 e. The number of esters is 1. The summed E-state index contributed by atoms with van der Waals surface area (Å²) < 4.78 is 58.5. The Labute approximate surface area is 319 Å². The molecule has 2 amide bonds. The average molecular weight is 792 g/mol. The van der Waals surface area contributed by atoms with E-state index in [4.69, 9.17) is 34.5 Å². The Morgan fingerprint density at radius 2 is 1.64 bits per heavy atom. The van der Waals surface area contributed by atoms with Crippen LogP contribution in [-0.2, 0) is 41.7 Å². The minimum Gasteiger partial charge on any atom is -0.496 e. The highest BCUT2D eigenvalue weighted by Crippen LogP contribution is 2.40. The molecule has 4 N–H and O–H groups in total. The second-order valence-electron chi connectivity index (χ2n) is 12.5. The maximum absolute atomic E-state index is 15.9. The van der Waals surface area contributed by atoms with Crippen molar-refractivity contribution in [3.05, 3.63) is 51.4 Å². The van der Waals surface area contributed by atoms with Gasteiger partial charge in [-0.15, -0.1) is 11.3 Å². The van der Waals surface area contributed by atoms with Gasteiger partial charge < -0.3 is 44.7 Å². The summed E-state index contributed by atoms with van der Waals surface area (Å²) in [7, 11) is 2.55. The number of nitrogens with two attached hydrogens (primary N) is 1. The number of Topliss-reactive ketones (excluding diaryl/α,β-unsaturated/α-hetero) is 2. The minimum atomic E-state index is -1.13. The van der Waals surface area contributed by atoms with Crippen molar-refractivity contribution < 1.29 is 66.3 Å². The molecule has 2 heterocycles. The molecule has 0 bridgehead atoms. The van der Waals surface area contributed by atoms with Gasteiger partial charge in [-0.25, -0.2) is 8.78 Å². The lowest BCUT2D eigenvalue weighted by atomic mass is 10.0. The number of hydrogen-bond acceptors (Lipinski definition) is 13. The highest BCUT2D eigenvalue weighted by atomic mass is 32.1. The number of fused-ring (bicyclic) bond motifs is 2. The van der Waals surface area contributed by atoms with E-state index >= 15 is 8.78 Å². The number of halogens is 2. The highest BCUT2D eigenvalue weighted by Gasteiger charge is 2.31. The van der Waals surface area contributed by atoms with E-state index < -0.39 is 53.6 Å². The molecule has 0 radical (unpaired) electrons. The van der Waals surface area contributed by atoms with E-state index in [0.717, 1.165) is 11.3 Å². The molecule has 0 spiro atoms. The van der Waals surface area contributed by atoms with Gasteiger partial charge in [0.05, 0.1) is 63.9 Å². The molecule has 0 saturated carbocycles. The van der Waals surface area contributed by atoms with Crippen LogP contribution in [0.15, 0.2) is 18.2 Å². The number of rotatable bonds is 22. The maximum atomic E-state index is 15.9. The lowest BCUT2D eigenvalue weighted by Gasteiger charge is -2.15. The third-order valence-electron chi connectivity index (χ3n) is 8.50. The van der Waals surface area contributed by atoms with Crippen molar-refractivity contribution in [2.45, 2.75) is 64.6 Å². The molecule has 3 aromatic rings. The number of amides is 2. The van der Waals surface area contributed by atoms with Gasteiger partial charge in [-0.2, -0.15) is 0 Å². The van der Waals surface area contributed by atoms with Crippen LogP contribution < -0.4 is 25.3 Å². The van der Waals surface area contributed by atoms with Gasteiger partial charge in [0, 0.05) is 61.0 Å². The van der Waals surface area contributed by atoms with E-state index in [0.29, 0.717) is 23.4 Å². The Balaban J connectivity index is 1.35. The van der Waals surface area contributed by atoms with Gasteiger partial charge in [0.2, 0.25) is 11.8 Å². The van der Waals surface area contributed by atoms with Crippen molar-refractivity contribution in [2.75, 3.05) is 47.1 Å². The van der Waals surface area contributed by atoms with Gasteiger partial charge in [0.1, 0.15) is 17.7 Å². The second-order valence-corrected chi connectivity index (χ2v) is 13.6. The zero-order valence-electron chi connectivity index (χ0n) is 30.6. The molecule has 298 valence electrons.